The van der Waals surface area contributed by atoms with Crippen molar-refractivity contribution in [2.24, 2.45) is 0 Å². The minimum Gasteiger partial charge on any atom is -0.462 e. The molecule has 2 rings (SSSR count). The molecule has 0 aromatic rings. The van der Waals surface area contributed by atoms with Gasteiger partial charge in [-0.15, -0.1) is 0 Å². The number of rotatable bonds is 44. The van der Waals surface area contributed by atoms with Crippen molar-refractivity contribution in [2.75, 3.05) is 13.2 Å². The summed E-state index contributed by atoms with van der Waals surface area (Å²) >= 11 is 0. The fourth-order valence-corrected chi connectivity index (χ4v) is 8.82. The van der Waals surface area contributed by atoms with Gasteiger partial charge in [0.1, 0.15) is 0 Å². The molecule has 1 saturated heterocycles. The van der Waals surface area contributed by atoms with Crippen molar-refractivity contribution in [3.63, 3.8) is 0 Å². The highest BCUT2D eigenvalue weighted by molar-refractivity contribution is 6.01. The van der Waals surface area contributed by atoms with Crippen LogP contribution in [0.25, 0.3) is 0 Å². The number of fused-ring (bicyclic) bond motifs is 1. The van der Waals surface area contributed by atoms with Crippen LogP contribution in [-0.4, -0.2) is 37.4 Å². The number of unbranched alkanes of at least 4 members (excludes halogenated alkanes) is 38. The van der Waals surface area contributed by atoms with E-state index in [4.69, 9.17) is 14.2 Å². The first-order valence-corrected chi connectivity index (χ1v) is 25.9. The summed E-state index contributed by atoms with van der Waals surface area (Å²) in [6.07, 6.45) is 55.1. The normalized spacial score (nSPS) is 16.2. The fraction of sp³-hybridized carbons (Fsp3) is 0.923. The number of carbonyl (C=O) groups is 2. The molecule has 0 bridgehead atoms. The molecule has 2 aliphatic rings. The van der Waals surface area contributed by atoms with Crippen molar-refractivity contribution >= 4 is 11.9 Å². The maximum absolute atomic E-state index is 13.0. The van der Waals surface area contributed by atoms with Crippen molar-refractivity contribution in [1.82, 2.24) is 0 Å². The molecule has 1 fully saturated rings. The van der Waals surface area contributed by atoms with E-state index in [1.54, 1.807) is 0 Å². The monoisotopic (exact) mass is 801 g/mol. The smallest absolute Gasteiger partial charge is 0.334 e. The van der Waals surface area contributed by atoms with E-state index in [-0.39, 0.29) is 24.1 Å². The molecule has 0 aromatic heterocycles. The van der Waals surface area contributed by atoms with E-state index in [2.05, 4.69) is 13.8 Å². The van der Waals surface area contributed by atoms with Gasteiger partial charge in [-0.2, -0.15) is 0 Å². The van der Waals surface area contributed by atoms with Crippen LogP contribution in [0.3, 0.4) is 0 Å². The molecule has 5 heteroatoms. The standard InChI is InChI=1S/C52H96O5/c1-3-5-7-9-11-13-15-17-19-21-23-25-27-29-31-33-35-37-39-41-43-55-51(53)47-45-49-50(57-49)46-48(47)52(54)56-44-42-40-38-36-34-32-30-28-26-24-22-20-18-16-14-12-10-8-6-4-2/h49-50H,3-46H2,1-2H3. The Morgan fingerprint density at radius 1 is 0.351 bits per heavy atom. The van der Waals surface area contributed by atoms with Crippen LogP contribution < -0.4 is 0 Å². The quantitative estimate of drug-likeness (QED) is 0.0349. The summed E-state index contributed by atoms with van der Waals surface area (Å²) < 4.78 is 17.0. The summed E-state index contributed by atoms with van der Waals surface area (Å²) in [6.45, 7) is 5.44. The molecule has 0 spiro atoms. The summed E-state index contributed by atoms with van der Waals surface area (Å²) in [5, 5.41) is 0. The fourth-order valence-electron chi connectivity index (χ4n) is 8.82. The molecular formula is C52H96O5. The molecule has 5 nitrogen and oxygen atoms in total. The van der Waals surface area contributed by atoms with E-state index >= 15 is 0 Å². The van der Waals surface area contributed by atoms with Crippen molar-refractivity contribution in [3.8, 4) is 0 Å². The minimum atomic E-state index is -0.340. The van der Waals surface area contributed by atoms with E-state index in [0.29, 0.717) is 37.2 Å². The van der Waals surface area contributed by atoms with Crippen LogP contribution in [-0.2, 0) is 23.8 Å². The molecule has 0 saturated carbocycles. The van der Waals surface area contributed by atoms with Gasteiger partial charge in [0, 0.05) is 12.8 Å². The Hall–Kier alpha value is -1.36. The Labute approximate surface area is 354 Å². The average Bonchev–Trinajstić information content (AvgIpc) is 4.00. The second kappa shape index (κ2) is 38.8. The van der Waals surface area contributed by atoms with Gasteiger partial charge in [-0.3, -0.25) is 0 Å². The summed E-state index contributed by atoms with van der Waals surface area (Å²) in [6, 6.07) is 0. The van der Waals surface area contributed by atoms with Gasteiger partial charge < -0.3 is 14.2 Å². The van der Waals surface area contributed by atoms with Crippen LogP contribution in [0.15, 0.2) is 11.1 Å². The number of epoxide rings is 1. The van der Waals surface area contributed by atoms with Gasteiger partial charge in [0.15, 0.2) is 0 Å². The lowest BCUT2D eigenvalue weighted by atomic mass is 9.91. The first-order valence-electron chi connectivity index (χ1n) is 25.9. The van der Waals surface area contributed by atoms with Gasteiger partial charge in [-0.25, -0.2) is 9.59 Å². The number of ether oxygens (including phenoxy) is 3. The molecule has 0 radical (unpaired) electrons. The topological polar surface area (TPSA) is 65.1 Å². The summed E-state index contributed by atoms with van der Waals surface area (Å²) in [5.74, 6) is -0.681. The van der Waals surface area contributed by atoms with Crippen LogP contribution >= 0.6 is 0 Å². The van der Waals surface area contributed by atoms with Crippen LogP contribution in [0.2, 0.25) is 0 Å². The third-order valence-corrected chi connectivity index (χ3v) is 12.8. The van der Waals surface area contributed by atoms with Crippen molar-refractivity contribution in [1.29, 1.82) is 0 Å². The zero-order valence-corrected chi connectivity index (χ0v) is 38.3. The summed E-state index contributed by atoms with van der Waals surface area (Å²) in [5.41, 5.74) is 0.992. The highest BCUT2D eigenvalue weighted by Gasteiger charge is 2.47. The molecular weight excluding hydrogens is 705 g/mol. The van der Waals surface area contributed by atoms with Crippen LogP contribution in [0.1, 0.15) is 284 Å². The van der Waals surface area contributed by atoms with Gasteiger partial charge >= 0.3 is 11.9 Å². The lowest BCUT2D eigenvalue weighted by Gasteiger charge is -2.16. The third kappa shape index (κ3) is 30.3. The number of esters is 2. The lowest BCUT2D eigenvalue weighted by Crippen LogP contribution is -2.23. The van der Waals surface area contributed by atoms with Gasteiger partial charge in [-0.05, 0) is 12.8 Å². The molecule has 334 valence electrons. The van der Waals surface area contributed by atoms with Crippen molar-refractivity contribution in [3.05, 3.63) is 11.1 Å². The molecule has 0 aromatic carbocycles. The van der Waals surface area contributed by atoms with Crippen molar-refractivity contribution in [2.45, 2.75) is 296 Å². The maximum Gasteiger partial charge on any atom is 0.334 e. The Bertz CT molecular complexity index is 884. The molecule has 1 aliphatic heterocycles. The average molecular weight is 801 g/mol. The van der Waals surface area contributed by atoms with Gasteiger partial charge in [0.2, 0.25) is 0 Å². The molecule has 0 amide bonds. The first-order chi connectivity index (χ1) is 28.2. The first kappa shape index (κ1) is 51.8. The van der Waals surface area contributed by atoms with Crippen LogP contribution in [0.4, 0.5) is 0 Å². The predicted octanol–water partition coefficient (Wildman–Crippen LogP) is 16.6. The minimum absolute atomic E-state index is 0.0633. The predicted molar refractivity (Wildman–Crippen MR) is 243 cm³/mol. The largest absolute Gasteiger partial charge is 0.462 e. The summed E-state index contributed by atoms with van der Waals surface area (Å²) in [7, 11) is 0. The SMILES string of the molecule is CCCCCCCCCCCCCCCCCCCCCCOC(=O)C1=C(C(=O)OCCCCCCCCCCCCCCCCCCCCCC)CC2OC2C1. The zero-order chi connectivity index (χ0) is 40.7. The zero-order valence-electron chi connectivity index (χ0n) is 38.3. The van der Waals surface area contributed by atoms with E-state index in [0.717, 1.165) is 25.7 Å². The van der Waals surface area contributed by atoms with Crippen LogP contribution in [0, 0.1) is 0 Å². The second-order valence-electron chi connectivity index (χ2n) is 18.3. The Morgan fingerprint density at radius 3 is 0.754 bits per heavy atom. The number of carbonyl (C=O) groups excluding carboxylic acids is 2. The molecule has 1 heterocycles. The van der Waals surface area contributed by atoms with E-state index < -0.39 is 0 Å². The van der Waals surface area contributed by atoms with E-state index in [1.165, 1.54) is 231 Å². The Morgan fingerprint density at radius 2 is 0.544 bits per heavy atom. The third-order valence-electron chi connectivity index (χ3n) is 12.8. The van der Waals surface area contributed by atoms with Crippen molar-refractivity contribution < 1.29 is 23.8 Å². The van der Waals surface area contributed by atoms with E-state index in [1.807, 2.05) is 0 Å². The molecule has 2 unspecified atom stereocenters. The lowest BCUT2D eigenvalue weighted by molar-refractivity contribution is -0.142. The molecule has 1 aliphatic carbocycles. The Kier molecular flexibility index (Phi) is 35.3. The molecule has 2 atom stereocenters. The van der Waals surface area contributed by atoms with Gasteiger partial charge in [0.25, 0.3) is 0 Å². The molecule has 0 N–H and O–H groups in total. The van der Waals surface area contributed by atoms with Gasteiger partial charge in [-0.1, -0.05) is 258 Å². The van der Waals surface area contributed by atoms with Crippen LogP contribution in [0.5, 0.6) is 0 Å². The Balaban J connectivity index is 1.36. The second-order valence-corrected chi connectivity index (χ2v) is 18.3. The molecule has 57 heavy (non-hydrogen) atoms. The highest BCUT2D eigenvalue weighted by Crippen LogP contribution is 2.40. The van der Waals surface area contributed by atoms with E-state index in [9.17, 15) is 9.59 Å². The van der Waals surface area contributed by atoms with Gasteiger partial charge in [0.05, 0.1) is 36.6 Å². The number of hydrogen-bond acceptors (Lipinski definition) is 5. The number of hydrogen-bond donors (Lipinski definition) is 0. The maximum atomic E-state index is 13.0. The highest BCUT2D eigenvalue weighted by atomic mass is 16.6. The summed E-state index contributed by atoms with van der Waals surface area (Å²) in [4.78, 5) is 26.0.